The topological polar surface area (TPSA) is 557 Å². The third kappa shape index (κ3) is 37.4. The Labute approximate surface area is 638 Å². The SMILES string of the molecule is CC(=O)SCC(=O)NCC(=O)NCC(=O)NCC(=O)C(NCCNCCO)c1cc(-c2ccc(C)cc2)n(-c2ccc(S(N)(=O)=O)cc2)n1.Cc1ccc(-c2cc(CONCCNCCC(=O)C[N-]C(=O)C[N-]C(=O)C[N-]C(=O)C[S-])nn2-c2ccc(S(N)(=O)=O)cc2)cc1.[Na+].[O]=[99Tc+4].[O]=[Tc](=[O])(=[O])[O-]. The Morgan fingerprint density at radius 3 is 1.56 bits per heavy atom. The Bertz CT molecular complexity index is 4200. The second-order valence-corrected chi connectivity index (χ2v) is 27.3. The molecule has 6 amide bonds. The predicted octanol–water partition coefficient (Wildman–Crippen LogP) is -4.45. The van der Waals surface area contributed by atoms with E-state index in [9.17, 15) is 60.0 Å². The molecule has 0 aliphatic carbocycles. The molecule has 0 saturated carbocycles. The van der Waals surface area contributed by atoms with Gasteiger partial charge in [-0.1, -0.05) is 91.1 Å². The van der Waals surface area contributed by atoms with Gasteiger partial charge < -0.3 is 84.8 Å². The number of nitrogens with one attached hydrogen (secondary N) is 7. The molecule has 4 aromatic carbocycles. The first-order chi connectivity index (χ1) is 48.2. The molecule has 12 N–H and O–H groups in total. The number of amides is 6. The molecule has 36 nitrogen and oxygen atoms in total. The number of thioether (sulfide) groups is 1. The molecule has 0 saturated heterocycles. The zero-order valence-electron chi connectivity index (χ0n) is 55.9. The number of nitrogens with two attached hydrogens (primary N) is 2. The monoisotopic (exact) mass is 1690 g/mol. The fourth-order valence-electron chi connectivity index (χ4n) is 8.13. The maximum absolute atomic E-state index is 13.6. The van der Waals surface area contributed by atoms with E-state index >= 15 is 0 Å². The van der Waals surface area contributed by atoms with Crippen LogP contribution in [0, 0.1) is 13.8 Å². The Balaban J connectivity index is 0.000000637. The number of primary sulfonamides is 2. The summed E-state index contributed by atoms with van der Waals surface area (Å²) < 4.78 is 92.9. The summed E-state index contributed by atoms with van der Waals surface area (Å²) >= 11 is 0.258. The van der Waals surface area contributed by atoms with Gasteiger partial charge in [0.2, 0.25) is 37.8 Å². The molecule has 0 radical (unpaired) electrons. The molecular weight excluding hydrogens is 1610 g/mol. The standard InChI is InChI=1S/C31H40N8O8S2.C29H38N8O7S2.Na.5O.2Tc/c1-20-3-5-22(6-4-20)26-15-25(38-39(26)23-7-9-24(10-8-23)49(32,46)47)31(34-12-11-33-13-14-40)27(42)16-35-28(43)17-36-29(44)18-37-30(45)19-48-21(2)41;1-20-2-4-21(5-3-20)26-14-22(36-37(26)23-6-8-25(9-7-23)46(30,42)43)18-44-35-13-12-31-11-10-24(38)15-32-27(39)16-33-28(40)17-34-29(41)19-45;;;;;;;;/h3-10,15,31,33-34,40H,11-14,16-19H2,1-2H3,(H,35,43)(H,36,44)(H,37,45)(H2,32,46,47);2-9,14,31,35H,10-13,15-19H2,1H3,(H6,30,32,33,34,39,40,41,42,43,45);;;;;;;;/q;;+1;;;;;-1;+4;/p-4/i;;;;;;;;1+1;. The van der Waals surface area contributed by atoms with Crippen LogP contribution < -0.4 is 81.1 Å². The molecule has 6 rings (SSSR count). The van der Waals surface area contributed by atoms with Gasteiger partial charge in [-0.25, -0.2) is 42.0 Å². The molecular formula is C60H74N16NaO20S4Tc2. The molecule has 1 unspecified atom stereocenters. The van der Waals surface area contributed by atoms with Crippen LogP contribution in [-0.4, -0.2) is 190 Å². The molecule has 1 atom stereocenters. The average Bonchev–Trinajstić information content (AvgIpc) is 1.66. The number of benzene rings is 4. The number of aryl methyl sites for hydroxylation is 2. The van der Waals surface area contributed by atoms with Crippen LogP contribution in [0.2, 0.25) is 0 Å². The molecule has 0 bridgehead atoms. The van der Waals surface area contributed by atoms with Gasteiger partial charge in [-0.05, 0) is 74.5 Å². The molecule has 43 heteroatoms. The summed E-state index contributed by atoms with van der Waals surface area (Å²) in [7, 11) is -7.76. The molecule has 0 fully saturated rings. The van der Waals surface area contributed by atoms with Crippen LogP contribution >= 0.6 is 11.8 Å². The fourth-order valence-corrected chi connectivity index (χ4v) is 9.69. The van der Waals surface area contributed by atoms with Crippen molar-refractivity contribution in [3.8, 4) is 33.9 Å². The van der Waals surface area contributed by atoms with Crippen LogP contribution in [0.4, 0.5) is 0 Å². The summed E-state index contributed by atoms with van der Waals surface area (Å²) in [6, 6.07) is 30.0. The maximum atomic E-state index is 13.6. The molecule has 6 aromatic rings. The summed E-state index contributed by atoms with van der Waals surface area (Å²) in [5, 5.41) is 55.6. The number of carbonyl (C=O) groups is 9. The van der Waals surface area contributed by atoms with E-state index in [4.69, 9.17) is 43.2 Å². The van der Waals surface area contributed by atoms with Crippen LogP contribution in [0.1, 0.15) is 41.9 Å². The molecule has 103 heavy (non-hydrogen) atoms. The number of hydroxylamine groups is 1. The van der Waals surface area contributed by atoms with E-state index in [0.29, 0.717) is 67.7 Å². The summed E-state index contributed by atoms with van der Waals surface area (Å²) in [6.07, 6.45) is 0.146. The van der Waals surface area contributed by atoms with Crippen molar-refractivity contribution in [2.45, 2.75) is 49.6 Å². The fraction of sp³-hybridized carbons (Fsp3) is 0.350. The van der Waals surface area contributed by atoms with E-state index in [0.717, 1.165) is 58.6 Å². The number of ketones is 2. The molecule has 2 aromatic heterocycles. The predicted molar refractivity (Wildman–Crippen MR) is 358 cm³/mol. The van der Waals surface area contributed by atoms with Crippen LogP contribution in [0.3, 0.4) is 0 Å². The minimum atomic E-state index is -5.94. The summed E-state index contributed by atoms with van der Waals surface area (Å²) in [5.41, 5.74) is 10.1. The van der Waals surface area contributed by atoms with E-state index in [2.05, 4.69) is 71.1 Å². The van der Waals surface area contributed by atoms with Crippen molar-refractivity contribution in [2.24, 2.45) is 10.3 Å². The van der Waals surface area contributed by atoms with E-state index in [1.165, 1.54) is 31.2 Å². The van der Waals surface area contributed by atoms with Crippen molar-refractivity contribution < 1.29 is 152 Å². The first-order valence-electron chi connectivity index (χ1n) is 29.9. The van der Waals surface area contributed by atoms with Crippen molar-refractivity contribution in [3.63, 3.8) is 0 Å². The van der Waals surface area contributed by atoms with Gasteiger partial charge in [0.1, 0.15) is 18.4 Å². The number of hydrogen-bond donors (Lipinski definition) is 10. The summed E-state index contributed by atoms with van der Waals surface area (Å²) in [5.74, 6) is -4.94. The third-order valence-electron chi connectivity index (χ3n) is 13.0. The van der Waals surface area contributed by atoms with E-state index < -0.39 is 116 Å². The second-order valence-electron chi connectivity index (χ2n) is 20.9. The van der Waals surface area contributed by atoms with Crippen molar-refractivity contribution in [2.75, 3.05) is 96.6 Å². The van der Waals surface area contributed by atoms with Gasteiger partial charge in [0.15, 0.2) is 10.9 Å². The first kappa shape index (κ1) is 92.0. The number of sulfonamides is 2. The number of aliphatic hydroxyl groups excluding tert-OH is 1. The van der Waals surface area contributed by atoms with Crippen LogP contribution in [-0.2, 0) is 136 Å². The number of carbonyl (C=O) groups excluding carboxylic acids is 9. The van der Waals surface area contributed by atoms with Crippen molar-refractivity contribution in [1.29, 1.82) is 0 Å². The molecule has 553 valence electrons. The number of aliphatic hydroxyl groups is 1. The van der Waals surface area contributed by atoms with Gasteiger partial charge in [0, 0.05) is 81.5 Å². The number of aromatic nitrogens is 4. The molecule has 0 aliphatic heterocycles. The van der Waals surface area contributed by atoms with E-state index in [-0.39, 0.29) is 87.9 Å². The van der Waals surface area contributed by atoms with Crippen molar-refractivity contribution in [3.05, 3.63) is 148 Å². The summed E-state index contributed by atoms with van der Waals surface area (Å²) in [6.45, 7) is 5.10. The molecule has 2 heterocycles. The van der Waals surface area contributed by atoms with Crippen molar-refractivity contribution in [1.82, 2.24) is 56.9 Å². The zero-order valence-corrected chi connectivity index (χ0v) is 64.9. The van der Waals surface area contributed by atoms with Crippen LogP contribution in [0.15, 0.2) is 119 Å². The normalized spacial score (nSPS) is 11.2. The number of Topliss-reactive ketones (excluding diaryl/α,β-unsaturated/α-hetero) is 2. The van der Waals surface area contributed by atoms with Crippen LogP contribution in [0.25, 0.3) is 49.8 Å². The Kier molecular flexibility index (Phi) is 42.9. The zero-order chi connectivity index (χ0) is 76.0. The molecule has 0 aliphatic rings. The Hall–Kier alpha value is -7.13. The van der Waals surface area contributed by atoms with Crippen molar-refractivity contribution >= 4 is 96.6 Å². The average molecular weight is 1690 g/mol. The van der Waals surface area contributed by atoms with Crippen LogP contribution in [0.5, 0.6) is 0 Å². The van der Waals surface area contributed by atoms with Gasteiger partial charge >= 0.3 is 81.8 Å². The van der Waals surface area contributed by atoms with E-state index in [1.807, 2.05) is 68.4 Å². The summed E-state index contributed by atoms with van der Waals surface area (Å²) in [4.78, 5) is 112. The number of hydrogen-bond acceptors (Lipinski definition) is 28. The van der Waals surface area contributed by atoms with Gasteiger partial charge in [0.05, 0.1) is 75.9 Å². The van der Waals surface area contributed by atoms with Gasteiger partial charge in [-0.15, -0.1) is 5.75 Å². The first-order valence-corrected chi connectivity index (χ1v) is 38.3. The number of nitrogens with zero attached hydrogens (tertiary/aromatic N) is 7. The second kappa shape index (κ2) is 48.1. The van der Waals surface area contributed by atoms with Gasteiger partial charge in [0.25, 0.3) is 0 Å². The minimum absolute atomic E-state index is 0. The Morgan fingerprint density at radius 1 is 0.631 bits per heavy atom. The molecule has 0 spiro atoms. The Morgan fingerprint density at radius 2 is 1.08 bits per heavy atom. The van der Waals surface area contributed by atoms with Gasteiger partial charge in [-0.3, -0.25) is 28.8 Å². The van der Waals surface area contributed by atoms with E-state index in [1.54, 1.807) is 39.7 Å². The van der Waals surface area contributed by atoms with Gasteiger partial charge in [-0.2, -0.15) is 10.2 Å². The third-order valence-corrected chi connectivity index (χ3v) is 15.9. The number of rotatable bonds is 38. The quantitative estimate of drug-likeness (QED) is 0.00756.